The number of fused-ring (bicyclic) bond motifs is 1. The number of rotatable bonds is 16. The van der Waals surface area contributed by atoms with E-state index in [4.69, 9.17) is 4.74 Å². The van der Waals surface area contributed by atoms with Gasteiger partial charge < -0.3 is 19.6 Å². The Kier molecular flexibility index (Phi) is 10.1. The van der Waals surface area contributed by atoms with Crippen LogP contribution in [0.25, 0.3) is 0 Å². The highest BCUT2D eigenvalue weighted by Gasteiger charge is 2.77. The van der Waals surface area contributed by atoms with Crippen molar-refractivity contribution in [2.24, 2.45) is 11.8 Å². The summed E-state index contributed by atoms with van der Waals surface area (Å²) in [5, 5.41) is 9.51. The maximum Gasteiger partial charge on any atom is 0.311 e. The summed E-state index contributed by atoms with van der Waals surface area (Å²) in [6, 6.07) is -0.639. The van der Waals surface area contributed by atoms with Gasteiger partial charge in [0.25, 0.3) is 0 Å². The van der Waals surface area contributed by atoms with E-state index in [1.54, 1.807) is 22.7 Å². The molecule has 3 rings (SSSR count). The Morgan fingerprint density at radius 2 is 1.97 bits per heavy atom. The molecule has 8 heteroatoms. The van der Waals surface area contributed by atoms with Gasteiger partial charge in [0.15, 0.2) is 0 Å². The number of carbonyl (C=O) groups is 3. The van der Waals surface area contributed by atoms with Crippen molar-refractivity contribution < 1.29 is 24.2 Å². The fourth-order valence-electron chi connectivity index (χ4n) is 6.37. The van der Waals surface area contributed by atoms with Gasteiger partial charge >= 0.3 is 5.97 Å². The third-order valence-electron chi connectivity index (χ3n) is 8.06. The first-order valence-corrected chi connectivity index (χ1v) is 14.4. The molecule has 3 aliphatic heterocycles. The summed E-state index contributed by atoms with van der Waals surface area (Å²) >= 11 is 1.66. The zero-order valence-corrected chi connectivity index (χ0v) is 22.9. The molecule has 2 unspecified atom stereocenters. The van der Waals surface area contributed by atoms with Crippen LogP contribution < -0.4 is 0 Å². The highest BCUT2D eigenvalue weighted by molar-refractivity contribution is 8.02. The molecule has 5 atom stereocenters. The average Bonchev–Trinajstić information content (AvgIpc) is 3.42. The minimum atomic E-state index is -0.644. The van der Waals surface area contributed by atoms with Gasteiger partial charge in [-0.3, -0.25) is 14.4 Å². The van der Waals surface area contributed by atoms with E-state index in [9.17, 15) is 19.5 Å². The first-order valence-electron chi connectivity index (χ1n) is 13.6. The van der Waals surface area contributed by atoms with Gasteiger partial charge in [-0.05, 0) is 51.9 Å². The number of likely N-dealkylation sites (tertiary alicyclic amines) is 1. The van der Waals surface area contributed by atoms with Crippen molar-refractivity contribution in [1.82, 2.24) is 9.80 Å². The number of ether oxygens (including phenoxy) is 1. The van der Waals surface area contributed by atoms with E-state index in [0.29, 0.717) is 32.7 Å². The second kappa shape index (κ2) is 12.6. The number of esters is 1. The molecule has 36 heavy (non-hydrogen) atoms. The molecular formula is C28H44N2O5S. The molecule has 3 heterocycles. The Morgan fingerprint density at radius 1 is 1.19 bits per heavy atom. The molecule has 3 saturated heterocycles. The van der Waals surface area contributed by atoms with Crippen LogP contribution in [0.1, 0.15) is 71.6 Å². The van der Waals surface area contributed by atoms with E-state index in [2.05, 4.69) is 27.0 Å². The van der Waals surface area contributed by atoms with Crippen LogP contribution in [0.4, 0.5) is 0 Å². The third kappa shape index (κ3) is 5.40. The Balaban J connectivity index is 1.89. The summed E-state index contributed by atoms with van der Waals surface area (Å²) in [5.74, 6) is -1.65. The number of carbonyl (C=O) groups excluding carboxylic acids is 3. The van der Waals surface area contributed by atoms with E-state index in [-0.39, 0.29) is 24.4 Å². The van der Waals surface area contributed by atoms with Crippen molar-refractivity contribution >= 4 is 29.5 Å². The van der Waals surface area contributed by atoms with Crippen LogP contribution in [0, 0.1) is 11.8 Å². The number of amides is 2. The summed E-state index contributed by atoms with van der Waals surface area (Å²) in [7, 11) is 0. The van der Waals surface area contributed by atoms with Gasteiger partial charge in [-0.15, -0.1) is 24.9 Å². The van der Waals surface area contributed by atoms with Crippen molar-refractivity contribution in [1.29, 1.82) is 0 Å². The fourth-order valence-corrected chi connectivity index (χ4v) is 8.71. The van der Waals surface area contributed by atoms with E-state index in [1.807, 2.05) is 11.0 Å². The van der Waals surface area contributed by atoms with Gasteiger partial charge in [0.1, 0.15) is 6.04 Å². The van der Waals surface area contributed by atoms with Crippen LogP contribution in [0.15, 0.2) is 25.3 Å². The molecule has 202 valence electrons. The number of thioether (sulfide) groups is 1. The molecule has 3 aliphatic rings. The molecule has 1 spiro atoms. The predicted molar refractivity (Wildman–Crippen MR) is 143 cm³/mol. The maximum absolute atomic E-state index is 14.1. The largest absolute Gasteiger partial charge is 0.465 e. The Morgan fingerprint density at radius 3 is 2.64 bits per heavy atom. The number of aliphatic hydroxyl groups is 1. The van der Waals surface area contributed by atoms with Crippen molar-refractivity contribution in [2.45, 2.75) is 87.2 Å². The number of hydrogen-bond donors (Lipinski definition) is 1. The number of aliphatic hydroxyl groups excluding tert-OH is 1. The van der Waals surface area contributed by atoms with E-state index in [0.717, 1.165) is 51.4 Å². The molecule has 0 saturated carbocycles. The summed E-state index contributed by atoms with van der Waals surface area (Å²) in [6.45, 7) is 13.4. The number of nitrogens with zero attached hydrogens (tertiary/aromatic N) is 2. The average molecular weight is 521 g/mol. The van der Waals surface area contributed by atoms with Crippen LogP contribution in [-0.4, -0.2) is 81.1 Å². The summed E-state index contributed by atoms with van der Waals surface area (Å²) in [4.78, 5) is 44.9. The van der Waals surface area contributed by atoms with E-state index in [1.165, 1.54) is 0 Å². The van der Waals surface area contributed by atoms with Gasteiger partial charge in [0.2, 0.25) is 11.8 Å². The topological polar surface area (TPSA) is 87.1 Å². The quantitative estimate of drug-likeness (QED) is 0.188. The van der Waals surface area contributed by atoms with Gasteiger partial charge in [-0.2, -0.15) is 0 Å². The van der Waals surface area contributed by atoms with Crippen LogP contribution in [0.3, 0.4) is 0 Å². The van der Waals surface area contributed by atoms with Crippen LogP contribution in [0.5, 0.6) is 0 Å². The normalized spacial score (nSPS) is 30.4. The minimum Gasteiger partial charge on any atom is -0.465 e. The summed E-state index contributed by atoms with van der Waals surface area (Å²) in [6.07, 6.45) is 11.0. The Hall–Kier alpha value is -1.80. The SMILES string of the molecule is C=CCCCCOC(=O)[C@@H]1[C@H]2C(=O)N(CCCO)C(C(=O)N(CC=C)CCCCC)C23CC[C@@]1(C)S3. The van der Waals surface area contributed by atoms with Gasteiger partial charge in [-0.1, -0.05) is 31.9 Å². The highest BCUT2D eigenvalue weighted by Crippen LogP contribution is 2.71. The molecule has 2 amide bonds. The summed E-state index contributed by atoms with van der Waals surface area (Å²) < 4.78 is 4.63. The highest BCUT2D eigenvalue weighted by atomic mass is 32.2. The second-order valence-corrected chi connectivity index (χ2v) is 12.5. The summed E-state index contributed by atoms with van der Waals surface area (Å²) in [5.41, 5.74) is 0. The van der Waals surface area contributed by atoms with Gasteiger partial charge in [0, 0.05) is 31.0 Å². The number of unbranched alkanes of at least 4 members (excludes halogenated alkanes) is 4. The molecule has 3 fully saturated rings. The molecule has 0 aliphatic carbocycles. The van der Waals surface area contributed by atoms with Crippen molar-refractivity contribution in [3.05, 3.63) is 25.3 Å². The zero-order valence-electron chi connectivity index (χ0n) is 22.1. The third-order valence-corrected chi connectivity index (χ3v) is 10.0. The molecule has 0 aromatic carbocycles. The lowest BCUT2D eigenvalue weighted by Crippen LogP contribution is -2.55. The van der Waals surface area contributed by atoms with Crippen molar-refractivity contribution in [3.8, 4) is 0 Å². The monoisotopic (exact) mass is 520 g/mol. The van der Waals surface area contributed by atoms with E-state index < -0.39 is 27.4 Å². The molecule has 0 aromatic rings. The lowest BCUT2D eigenvalue weighted by molar-refractivity contribution is -0.155. The Bertz CT molecular complexity index is 835. The maximum atomic E-state index is 14.1. The van der Waals surface area contributed by atoms with Crippen molar-refractivity contribution in [3.63, 3.8) is 0 Å². The smallest absolute Gasteiger partial charge is 0.311 e. The standard InChI is InChI=1S/C28H44N2O5S/c1-5-8-10-12-20-35-26(34)22-21-24(32)30(18-13-19-31)23(28(21)15-14-27(22,4)36-28)25(33)29(16-7-3)17-11-9-6-2/h5,7,21-23,31H,1,3,6,8-20H2,2,4H3/t21-,22-,23?,27+,28?/m0/s1. The fraction of sp³-hybridized carbons (Fsp3) is 0.750. The molecule has 2 bridgehead atoms. The molecular weight excluding hydrogens is 476 g/mol. The predicted octanol–water partition coefficient (Wildman–Crippen LogP) is 3.95. The lowest BCUT2D eigenvalue weighted by atomic mass is 9.66. The van der Waals surface area contributed by atoms with Crippen LogP contribution in [0.2, 0.25) is 0 Å². The zero-order chi connectivity index (χ0) is 26.3. The minimum absolute atomic E-state index is 0.0593. The molecule has 0 aromatic heterocycles. The van der Waals surface area contributed by atoms with Crippen molar-refractivity contribution in [2.75, 3.05) is 32.8 Å². The van der Waals surface area contributed by atoms with Gasteiger partial charge in [-0.25, -0.2) is 0 Å². The first-order chi connectivity index (χ1) is 17.3. The number of hydrogen-bond acceptors (Lipinski definition) is 6. The first kappa shape index (κ1) is 28.8. The lowest BCUT2D eigenvalue weighted by Gasteiger charge is -2.37. The number of allylic oxidation sites excluding steroid dienone is 1. The van der Waals surface area contributed by atoms with Gasteiger partial charge in [0.05, 0.1) is 23.2 Å². The molecule has 1 N–H and O–H groups in total. The van der Waals surface area contributed by atoms with Crippen LogP contribution >= 0.6 is 11.8 Å². The molecule has 7 nitrogen and oxygen atoms in total. The Labute approximate surface area is 220 Å². The van der Waals surface area contributed by atoms with Crippen LogP contribution in [-0.2, 0) is 19.1 Å². The second-order valence-electron chi connectivity index (χ2n) is 10.6. The van der Waals surface area contributed by atoms with E-state index >= 15 is 0 Å². The molecule has 0 radical (unpaired) electrons.